The van der Waals surface area contributed by atoms with Crippen LogP contribution in [0.1, 0.15) is 32.3 Å². The Balaban J connectivity index is 1.81. The van der Waals surface area contributed by atoms with Gasteiger partial charge in [-0.05, 0) is 57.4 Å². The predicted octanol–water partition coefficient (Wildman–Crippen LogP) is 2.59. The number of ether oxygens (including phenoxy) is 1. The number of hydrogen-bond donors (Lipinski definition) is 1. The number of nitrogens with one attached hydrogen (secondary N) is 1. The summed E-state index contributed by atoms with van der Waals surface area (Å²) in [6.07, 6.45) is 4.05. The Hall–Kier alpha value is -1.22. The Kier molecular flexibility index (Phi) is 3.65. The largest absolute Gasteiger partial charge is 0.487 e. The maximum Gasteiger partial charge on any atom is 0.143 e. The molecule has 1 aromatic rings. The summed E-state index contributed by atoms with van der Waals surface area (Å²) >= 11 is 0. The maximum atomic E-state index is 5.93. The highest BCUT2D eigenvalue weighted by atomic mass is 16.5. The minimum atomic E-state index is 0.287. The van der Waals surface area contributed by atoms with Gasteiger partial charge in [0.25, 0.3) is 0 Å². The van der Waals surface area contributed by atoms with Crippen LogP contribution in [0.15, 0.2) is 18.2 Å². The van der Waals surface area contributed by atoms with E-state index >= 15 is 0 Å². The molecule has 3 heteroatoms. The molecule has 2 atom stereocenters. The topological polar surface area (TPSA) is 24.5 Å². The van der Waals surface area contributed by atoms with Crippen molar-refractivity contribution in [3.63, 3.8) is 0 Å². The average molecular weight is 260 g/mol. The molecule has 0 saturated carbocycles. The highest BCUT2D eigenvalue weighted by Gasteiger charge is 2.22. The number of nitrogens with zero attached hydrogens (tertiary/aromatic N) is 1. The third-order valence-electron chi connectivity index (χ3n) is 4.20. The van der Waals surface area contributed by atoms with Crippen molar-refractivity contribution in [3.05, 3.63) is 23.8 Å². The molecule has 0 aliphatic carbocycles. The van der Waals surface area contributed by atoms with Gasteiger partial charge in [0.1, 0.15) is 11.9 Å². The summed E-state index contributed by atoms with van der Waals surface area (Å²) < 4.78 is 5.93. The minimum absolute atomic E-state index is 0.287. The number of hydrogen-bond acceptors (Lipinski definition) is 3. The van der Waals surface area contributed by atoms with Crippen molar-refractivity contribution >= 4 is 5.69 Å². The molecule has 2 unspecified atom stereocenters. The van der Waals surface area contributed by atoms with Crippen molar-refractivity contribution in [2.75, 3.05) is 24.5 Å². The van der Waals surface area contributed by atoms with Gasteiger partial charge >= 0.3 is 0 Å². The van der Waals surface area contributed by atoms with Gasteiger partial charge in [-0.2, -0.15) is 0 Å². The lowest BCUT2D eigenvalue weighted by Gasteiger charge is -2.34. The van der Waals surface area contributed by atoms with Gasteiger partial charge in [0, 0.05) is 12.6 Å². The van der Waals surface area contributed by atoms with Crippen LogP contribution >= 0.6 is 0 Å². The summed E-state index contributed by atoms with van der Waals surface area (Å²) in [7, 11) is 0. The van der Waals surface area contributed by atoms with Gasteiger partial charge in [0.05, 0.1) is 12.2 Å². The molecule has 1 N–H and O–H groups in total. The Morgan fingerprint density at radius 1 is 1.42 bits per heavy atom. The van der Waals surface area contributed by atoms with Crippen LogP contribution in [0.2, 0.25) is 0 Å². The zero-order valence-electron chi connectivity index (χ0n) is 12.0. The number of likely N-dealkylation sites (N-methyl/N-ethyl adjacent to an activating group) is 1. The first-order valence-corrected chi connectivity index (χ1v) is 7.54. The van der Waals surface area contributed by atoms with Crippen molar-refractivity contribution in [3.8, 4) is 5.75 Å². The first kappa shape index (κ1) is 12.8. The van der Waals surface area contributed by atoms with E-state index in [2.05, 4.69) is 42.3 Å². The van der Waals surface area contributed by atoms with Gasteiger partial charge in [-0.15, -0.1) is 0 Å². The first-order chi connectivity index (χ1) is 9.26. The van der Waals surface area contributed by atoms with Gasteiger partial charge in [-0.1, -0.05) is 6.07 Å². The van der Waals surface area contributed by atoms with Gasteiger partial charge in [0.2, 0.25) is 0 Å². The van der Waals surface area contributed by atoms with Crippen LogP contribution in [0.4, 0.5) is 5.69 Å². The lowest BCUT2D eigenvalue weighted by atomic mass is 10.0. The summed E-state index contributed by atoms with van der Waals surface area (Å²) in [5, 5.41) is 3.57. The molecule has 1 aromatic carbocycles. The van der Waals surface area contributed by atoms with Crippen molar-refractivity contribution in [1.29, 1.82) is 0 Å². The molecule has 0 amide bonds. The van der Waals surface area contributed by atoms with E-state index in [0.717, 1.165) is 25.3 Å². The van der Waals surface area contributed by atoms with E-state index in [1.807, 2.05) is 0 Å². The van der Waals surface area contributed by atoms with E-state index < -0.39 is 0 Å². The van der Waals surface area contributed by atoms with Gasteiger partial charge < -0.3 is 15.0 Å². The van der Waals surface area contributed by atoms with Crippen LogP contribution in [0.25, 0.3) is 0 Å². The van der Waals surface area contributed by atoms with Crippen molar-refractivity contribution in [1.82, 2.24) is 5.32 Å². The average Bonchev–Trinajstić information content (AvgIpc) is 2.91. The number of benzene rings is 1. The van der Waals surface area contributed by atoms with Crippen LogP contribution < -0.4 is 15.0 Å². The fourth-order valence-electron chi connectivity index (χ4n) is 3.21. The minimum Gasteiger partial charge on any atom is -0.487 e. The number of rotatable bonds is 3. The maximum absolute atomic E-state index is 5.93. The van der Waals surface area contributed by atoms with Gasteiger partial charge in [0.15, 0.2) is 0 Å². The molecule has 2 heterocycles. The zero-order valence-corrected chi connectivity index (χ0v) is 12.0. The van der Waals surface area contributed by atoms with Gasteiger partial charge in [-0.25, -0.2) is 0 Å². The molecule has 0 spiro atoms. The van der Waals surface area contributed by atoms with Crippen LogP contribution in [0, 0.1) is 0 Å². The molecular weight excluding hydrogens is 236 g/mol. The normalized spacial score (nSPS) is 26.1. The third-order valence-corrected chi connectivity index (χ3v) is 4.20. The summed E-state index contributed by atoms with van der Waals surface area (Å²) in [5.74, 6) is 1.05. The smallest absolute Gasteiger partial charge is 0.143 e. The Bertz CT molecular complexity index is 440. The van der Waals surface area contributed by atoms with E-state index in [-0.39, 0.29) is 6.10 Å². The molecule has 3 nitrogen and oxygen atoms in total. The molecule has 1 fully saturated rings. The Labute approximate surface area is 115 Å². The fourth-order valence-corrected chi connectivity index (χ4v) is 3.21. The highest BCUT2D eigenvalue weighted by Crippen LogP contribution is 2.34. The first-order valence-electron chi connectivity index (χ1n) is 7.54. The van der Waals surface area contributed by atoms with E-state index in [4.69, 9.17) is 4.74 Å². The van der Waals surface area contributed by atoms with Crippen molar-refractivity contribution < 1.29 is 4.74 Å². The lowest BCUT2D eigenvalue weighted by molar-refractivity contribution is 0.213. The predicted molar refractivity (Wildman–Crippen MR) is 79.1 cm³/mol. The number of fused-ring (bicyclic) bond motifs is 1. The monoisotopic (exact) mass is 260 g/mol. The molecule has 2 aliphatic rings. The van der Waals surface area contributed by atoms with Crippen molar-refractivity contribution in [2.45, 2.75) is 45.3 Å². The SMILES string of the molecule is CCN1CC(C)Oc2ccc(CC3CCCN3)cc21. The molecule has 0 bridgehead atoms. The molecule has 0 radical (unpaired) electrons. The quantitative estimate of drug-likeness (QED) is 0.904. The second-order valence-corrected chi connectivity index (χ2v) is 5.77. The van der Waals surface area contributed by atoms with E-state index in [9.17, 15) is 0 Å². The zero-order chi connectivity index (χ0) is 13.2. The fraction of sp³-hybridized carbons (Fsp3) is 0.625. The molecule has 104 valence electrons. The van der Waals surface area contributed by atoms with Crippen LogP contribution in [-0.4, -0.2) is 31.8 Å². The Morgan fingerprint density at radius 3 is 3.05 bits per heavy atom. The second-order valence-electron chi connectivity index (χ2n) is 5.77. The van der Waals surface area contributed by atoms with E-state index in [1.165, 1.54) is 30.6 Å². The summed E-state index contributed by atoms with van der Waals surface area (Å²) in [6.45, 7) is 7.58. The lowest BCUT2D eigenvalue weighted by Crippen LogP contribution is -2.38. The van der Waals surface area contributed by atoms with Crippen LogP contribution in [0.3, 0.4) is 0 Å². The third kappa shape index (κ3) is 2.71. The summed E-state index contributed by atoms with van der Waals surface area (Å²) in [6, 6.07) is 7.37. The number of anilines is 1. The standard InChI is InChI=1S/C16H24N2O/c1-3-18-11-12(2)19-16-7-6-13(10-15(16)18)9-14-5-4-8-17-14/h6-7,10,12,14,17H,3-5,8-9,11H2,1-2H3. The summed E-state index contributed by atoms with van der Waals surface area (Å²) in [4.78, 5) is 2.43. The molecule has 3 rings (SSSR count). The van der Waals surface area contributed by atoms with Gasteiger partial charge in [-0.3, -0.25) is 0 Å². The second kappa shape index (κ2) is 5.41. The van der Waals surface area contributed by atoms with Crippen LogP contribution in [0.5, 0.6) is 5.75 Å². The molecule has 19 heavy (non-hydrogen) atoms. The molecule has 2 aliphatic heterocycles. The van der Waals surface area contributed by atoms with Crippen LogP contribution in [-0.2, 0) is 6.42 Å². The summed E-state index contributed by atoms with van der Waals surface area (Å²) in [5.41, 5.74) is 2.70. The van der Waals surface area contributed by atoms with Crippen molar-refractivity contribution in [2.24, 2.45) is 0 Å². The van der Waals surface area contributed by atoms with E-state index in [1.54, 1.807) is 0 Å². The highest BCUT2D eigenvalue weighted by molar-refractivity contribution is 5.61. The van der Waals surface area contributed by atoms with E-state index in [0.29, 0.717) is 6.04 Å². The molecular formula is C16H24N2O. The molecule has 0 aromatic heterocycles. The Morgan fingerprint density at radius 2 is 2.32 bits per heavy atom. The molecule has 1 saturated heterocycles.